The van der Waals surface area contributed by atoms with Crippen LogP contribution in [0.4, 0.5) is 0 Å². The third kappa shape index (κ3) is 3.52. The molecule has 0 aliphatic carbocycles. The Morgan fingerprint density at radius 2 is 2.17 bits per heavy atom. The van der Waals surface area contributed by atoms with Crippen molar-refractivity contribution in [2.45, 2.75) is 19.9 Å². The Hall–Kier alpha value is -1.73. The van der Waals surface area contributed by atoms with Gasteiger partial charge in [0.05, 0.1) is 29.8 Å². The Labute approximate surface area is 146 Å². The Kier molecular flexibility index (Phi) is 5.30. The zero-order valence-corrected chi connectivity index (χ0v) is 15.2. The predicted molar refractivity (Wildman–Crippen MR) is 95.4 cm³/mol. The highest BCUT2D eigenvalue weighted by Gasteiger charge is 2.25. The summed E-state index contributed by atoms with van der Waals surface area (Å²) in [6, 6.07) is 2.13. The topological polar surface area (TPSA) is 63.3 Å². The van der Waals surface area contributed by atoms with Crippen LogP contribution in [0.1, 0.15) is 33.4 Å². The van der Waals surface area contributed by atoms with Gasteiger partial charge in [0, 0.05) is 49.4 Å². The largest absolute Gasteiger partial charge is 0.472 e. The number of hydrogen-bond donors (Lipinski definition) is 1. The number of carbonyl (C=O) groups excluding carboxylic acids is 1. The maximum atomic E-state index is 12.6. The Bertz CT molecular complexity index is 690. The van der Waals surface area contributed by atoms with Gasteiger partial charge in [0.2, 0.25) is 0 Å². The number of hydrogen-bond acceptors (Lipinski definition) is 5. The van der Waals surface area contributed by atoms with Crippen LogP contribution in [-0.2, 0) is 7.05 Å². The smallest absolute Gasteiger partial charge is 0.255 e. The molecule has 3 heterocycles. The van der Waals surface area contributed by atoms with E-state index in [9.17, 15) is 4.79 Å². The molecule has 0 spiro atoms. The molecule has 2 aromatic heterocycles. The molecule has 1 unspecified atom stereocenters. The van der Waals surface area contributed by atoms with Crippen molar-refractivity contribution in [2.24, 2.45) is 7.05 Å². The van der Waals surface area contributed by atoms with Crippen molar-refractivity contribution in [1.82, 2.24) is 20.0 Å². The average Bonchev–Trinajstić information content (AvgIpc) is 3.18. The minimum Gasteiger partial charge on any atom is -0.472 e. The van der Waals surface area contributed by atoms with Crippen LogP contribution < -0.4 is 5.32 Å². The van der Waals surface area contributed by atoms with E-state index < -0.39 is 0 Å². The monoisotopic (exact) mass is 348 g/mol. The van der Waals surface area contributed by atoms with Gasteiger partial charge >= 0.3 is 0 Å². The molecule has 1 N–H and O–H groups in total. The molecule has 3 rings (SSSR count). The van der Waals surface area contributed by atoms with E-state index in [1.807, 2.05) is 38.7 Å². The number of nitrogens with zero attached hydrogens (tertiary/aromatic N) is 3. The molecule has 0 saturated carbocycles. The van der Waals surface area contributed by atoms with Gasteiger partial charge < -0.3 is 9.73 Å². The minimum atomic E-state index is -0.0574. The zero-order valence-electron chi connectivity index (χ0n) is 14.4. The molecule has 1 amide bonds. The highest BCUT2D eigenvalue weighted by Crippen LogP contribution is 2.24. The second-order valence-corrected chi connectivity index (χ2v) is 7.33. The normalized spacial score (nSPS) is 17.0. The fraction of sp³-hybridized carbons (Fsp3) is 0.529. The van der Waals surface area contributed by atoms with Crippen LogP contribution >= 0.6 is 11.8 Å². The van der Waals surface area contributed by atoms with Crippen molar-refractivity contribution in [3.05, 3.63) is 41.1 Å². The SMILES string of the molecule is Cc1nn(C)c(C)c1C(=O)NCC(c1ccoc1)N1CCSCC1. The average molecular weight is 348 g/mol. The molecule has 7 heteroatoms. The summed E-state index contributed by atoms with van der Waals surface area (Å²) in [6.45, 7) is 6.42. The summed E-state index contributed by atoms with van der Waals surface area (Å²) in [5, 5.41) is 7.42. The number of aromatic nitrogens is 2. The molecule has 1 saturated heterocycles. The van der Waals surface area contributed by atoms with Gasteiger partial charge in [0.25, 0.3) is 5.91 Å². The maximum absolute atomic E-state index is 12.6. The summed E-state index contributed by atoms with van der Waals surface area (Å²) in [5.74, 6) is 2.20. The number of aryl methyl sites for hydroxylation is 2. The second kappa shape index (κ2) is 7.44. The van der Waals surface area contributed by atoms with Gasteiger partial charge in [-0.25, -0.2) is 0 Å². The fourth-order valence-electron chi connectivity index (χ4n) is 3.19. The van der Waals surface area contributed by atoms with Crippen molar-refractivity contribution >= 4 is 17.7 Å². The highest BCUT2D eigenvalue weighted by molar-refractivity contribution is 7.99. The summed E-state index contributed by atoms with van der Waals surface area (Å²) in [7, 11) is 1.86. The lowest BCUT2D eigenvalue weighted by molar-refractivity contribution is 0.0933. The number of rotatable bonds is 5. The quantitative estimate of drug-likeness (QED) is 0.897. The van der Waals surface area contributed by atoms with Gasteiger partial charge in [-0.15, -0.1) is 0 Å². The van der Waals surface area contributed by atoms with Crippen LogP contribution in [0.15, 0.2) is 23.0 Å². The van der Waals surface area contributed by atoms with Gasteiger partial charge in [0.1, 0.15) is 0 Å². The molecule has 1 atom stereocenters. The molecule has 0 aromatic carbocycles. The van der Waals surface area contributed by atoms with E-state index in [4.69, 9.17) is 4.42 Å². The number of nitrogens with one attached hydrogen (secondary N) is 1. The lowest BCUT2D eigenvalue weighted by atomic mass is 10.1. The van der Waals surface area contributed by atoms with Gasteiger partial charge in [-0.05, 0) is 19.9 Å². The first-order chi connectivity index (χ1) is 11.6. The van der Waals surface area contributed by atoms with Crippen LogP contribution in [0.5, 0.6) is 0 Å². The van der Waals surface area contributed by atoms with Gasteiger partial charge in [-0.1, -0.05) is 0 Å². The molecular formula is C17H24N4O2S. The van der Waals surface area contributed by atoms with E-state index >= 15 is 0 Å². The van der Waals surface area contributed by atoms with E-state index in [1.54, 1.807) is 17.2 Å². The van der Waals surface area contributed by atoms with Crippen LogP contribution in [0.3, 0.4) is 0 Å². The van der Waals surface area contributed by atoms with Crippen molar-refractivity contribution in [2.75, 3.05) is 31.1 Å². The van der Waals surface area contributed by atoms with Gasteiger partial charge in [-0.2, -0.15) is 16.9 Å². The van der Waals surface area contributed by atoms with Gasteiger partial charge in [-0.3, -0.25) is 14.4 Å². The van der Waals surface area contributed by atoms with Crippen LogP contribution in [-0.4, -0.2) is 51.7 Å². The first kappa shape index (κ1) is 17.1. The molecule has 24 heavy (non-hydrogen) atoms. The molecule has 0 bridgehead atoms. The third-order valence-corrected chi connectivity index (χ3v) is 5.55. The van der Waals surface area contributed by atoms with Crippen LogP contribution in [0.2, 0.25) is 0 Å². The van der Waals surface area contributed by atoms with Crippen molar-refractivity contribution in [3.8, 4) is 0 Å². The van der Waals surface area contributed by atoms with E-state index in [-0.39, 0.29) is 11.9 Å². The molecule has 1 fully saturated rings. The molecular weight excluding hydrogens is 324 g/mol. The van der Waals surface area contributed by atoms with E-state index in [2.05, 4.69) is 15.3 Å². The number of amides is 1. The predicted octanol–water partition coefficient (Wildman–Crippen LogP) is 2.15. The Morgan fingerprint density at radius 3 is 2.75 bits per heavy atom. The maximum Gasteiger partial charge on any atom is 0.255 e. The molecule has 130 valence electrons. The standard InChI is InChI=1S/C17H24N4O2S/c1-12-16(13(2)20(3)19-12)17(22)18-10-15(14-4-7-23-11-14)21-5-8-24-9-6-21/h4,7,11,15H,5-6,8-10H2,1-3H3,(H,18,22). The van der Waals surface area contributed by atoms with E-state index in [1.165, 1.54) is 0 Å². The molecule has 6 nitrogen and oxygen atoms in total. The van der Waals surface area contributed by atoms with E-state index in [0.717, 1.165) is 41.5 Å². The summed E-state index contributed by atoms with van der Waals surface area (Å²) >= 11 is 1.98. The number of carbonyl (C=O) groups is 1. The number of furan rings is 1. The first-order valence-electron chi connectivity index (χ1n) is 8.20. The Balaban J connectivity index is 1.72. The zero-order chi connectivity index (χ0) is 17.1. The summed E-state index contributed by atoms with van der Waals surface area (Å²) < 4.78 is 7.01. The summed E-state index contributed by atoms with van der Waals surface area (Å²) in [4.78, 5) is 15.1. The lowest BCUT2D eigenvalue weighted by Crippen LogP contribution is -2.42. The second-order valence-electron chi connectivity index (χ2n) is 6.10. The van der Waals surface area contributed by atoms with Gasteiger partial charge in [0.15, 0.2) is 0 Å². The summed E-state index contributed by atoms with van der Waals surface area (Å²) in [5.41, 5.74) is 3.44. The molecule has 2 aromatic rings. The number of thioether (sulfide) groups is 1. The minimum absolute atomic E-state index is 0.0574. The molecule has 0 radical (unpaired) electrons. The Morgan fingerprint density at radius 1 is 1.42 bits per heavy atom. The van der Waals surface area contributed by atoms with Crippen LogP contribution in [0, 0.1) is 13.8 Å². The van der Waals surface area contributed by atoms with Crippen LogP contribution in [0.25, 0.3) is 0 Å². The first-order valence-corrected chi connectivity index (χ1v) is 9.35. The lowest BCUT2D eigenvalue weighted by Gasteiger charge is -2.34. The van der Waals surface area contributed by atoms with Crippen molar-refractivity contribution in [3.63, 3.8) is 0 Å². The fourth-order valence-corrected chi connectivity index (χ4v) is 4.12. The van der Waals surface area contributed by atoms with Crippen molar-refractivity contribution < 1.29 is 9.21 Å². The highest BCUT2D eigenvalue weighted by atomic mass is 32.2. The molecule has 1 aliphatic rings. The summed E-state index contributed by atoms with van der Waals surface area (Å²) in [6.07, 6.45) is 3.47. The van der Waals surface area contributed by atoms with E-state index in [0.29, 0.717) is 12.1 Å². The van der Waals surface area contributed by atoms with Crippen molar-refractivity contribution in [1.29, 1.82) is 0 Å². The molecule has 1 aliphatic heterocycles. The third-order valence-electron chi connectivity index (χ3n) is 4.61.